The molecule has 17 heavy (non-hydrogen) atoms. The number of carbonyl (C=O) groups is 1. The summed E-state index contributed by atoms with van der Waals surface area (Å²) in [6.45, 7) is 2.47. The third-order valence-electron chi connectivity index (χ3n) is 2.71. The molecular weight excluding hydrogens is 216 g/mol. The molecule has 1 rings (SSSR count). The number of methoxy groups -OCH3 is 1. The number of benzene rings is 1. The Morgan fingerprint density at radius 1 is 1.41 bits per heavy atom. The van der Waals surface area contributed by atoms with E-state index >= 15 is 0 Å². The molecule has 1 amide bonds. The lowest BCUT2D eigenvalue weighted by atomic mass is 10.1. The Kier molecular flexibility index (Phi) is 4.97. The first-order valence-electron chi connectivity index (χ1n) is 5.72. The largest absolute Gasteiger partial charge is 0.497 e. The predicted molar refractivity (Wildman–Crippen MR) is 67.7 cm³/mol. The molecule has 0 heterocycles. The Morgan fingerprint density at radius 2 is 2.00 bits per heavy atom. The quantitative estimate of drug-likeness (QED) is 0.840. The van der Waals surface area contributed by atoms with Crippen molar-refractivity contribution >= 4 is 5.91 Å². The van der Waals surface area contributed by atoms with E-state index in [-0.39, 0.29) is 5.91 Å². The van der Waals surface area contributed by atoms with E-state index in [4.69, 9.17) is 10.5 Å². The van der Waals surface area contributed by atoms with Crippen LogP contribution in [0.4, 0.5) is 0 Å². The van der Waals surface area contributed by atoms with Gasteiger partial charge in [0, 0.05) is 13.6 Å². The summed E-state index contributed by atoms with van der Waals surface area (Å²) in [5.74, 6) is 0.788. The molecular formula is C13H20N2O2. The van der Waals surface area contributed by atoms with Gasteiger partial charge < -0.3 is 15.4 Å². The van der Waals surface area contributed by atoms with E-state index in [1.165, 1.54) is 0 Å². The molecule has 0 radical (unpaired) electrons. The first-order valence-corrected chi connectivity index (χ1v) is 5.72. The van der Waals surface area contributed by atoms with Crippen molar-refractivity contribution in [1.82, 2.24) is 4.90 Å². The van der Waals surface area contributed by atoms with Gasteiger partial charge in [-0.1, -0.05) is 19.1 Å². The van der Waals surface area contributed by atoms with Crippen LogP contribution in [0.2, 0.25) is 0 Å². The van der Waals surface area contributed by atoms with Gasteiger partial charge in [0.15, 0.2) is 0 Å². The summed E-state index contributed by atoms with van der Waals surface area (Å²) < 4.78 is 5.08. The van der Waals surface area contributed by atoms with Crippen LogP contribution < -0.4 is 10.5 Å². The molecule has 4 nitrogen and oxygen atoms in total. The van der Waals surface area contributed by atoms with Crippen LogP contribution in [0.1, 0.15) is 18.9 Å². The zero-order chi connectivity index (χ0) is 12.8. The van der Waals surface area contributed by atoms with E-state index in [2.05, 4.69) is 0 Å². The van der Waals surface area contributed by atoms with Crippen LogP contribution in [0, 0.1) is 0 Å². The van der Waals surface area contributed by atoms with E-state index in [9.17, 15) is 4.79 Å². The number of hydrogen-bond acceptors (Lipinski definition) is 3. The third-order valence-corrected chi connectivity index (χ3v) is 2.71. The molecule has 0 bridgehead atoms. The molecule has 1 aromatic carbocycles. The maximum absolute atomic E-state index is 11.8. The molecule has 0 aliphatic heterocycles. The van der Waals surface area contributed by atoms with E-state index in [1.807, 2.05) is 31.2 Å². The Bertz CT molecular complexity index is 362. The summed E-state index contributed by atoms with van der Waals surface area (Å²) in [6.07, 6.45) is 0.659. The maximum atomic E-state index is 11.8. The van der Waals surface area contributed by atoms with Gasteiger partial charge in [0.1, 0.15) is 5.75 Å². The average molecular weight is 236 g/mol. The van der Waals surface area contributed by atoms with Gasteiger partial charge >= 0.3 is 0 Å². The molecule has 1 aromatic rings. The fraction of sp³-hybridized carbons (Fsp3) is 0.462. The Hall–Kier alpha value is -1.55. The molecule has 0 aliphatic carbocycles. The van der Waals surface area contributed by atoms with Crippen molar-refractivity contribution in [3.05, 3.63) is 29.8 Å². The molecule has 0 spiro atoms. The Labute approximate surface area is 102 Å². The molecule has 2 N–H and O–H groups in total. The van der Waals surface area contributed by atoms with Crippen LogP contribution in [0.25, 0.3) is 0 Å². The van der Waals surface area contributed by atoms with Crippen LogP contribution in [-0.4, -0.2) is 31.0 Å². The third kappa shape index (κ3) is 3.75. The minimum Gasteiger partial charge on any atom is -0.497 e. The van der Waals surface area contributed by atoms with Crippen molar-refractivity contribution < 1.29 is 9.53 Å². The molecule has 0 aliphatic rings. The lowest BCUT2D eigenvalue weighted by molar-refractivity contribution is -0.131. The van der Waals surface area contributed by atoms with Crippen LogP contribution in [0.5, 0.6) is 5.75 Å². The first-order chi connectivity index (χ1) is 8.08. The first kappa shape index (κ1) is 13.5. The van der Waals surface area contributed by atoms with Gasteiger partial charge in [-0.15, -0.1) is 0 Å². The van der Waals surface area contributed by atoms with Crippen LogP contribution in [0.3, 0.4) is 0 Å². The maximum Gasteiger partial charge on any atom is 0.239 e. The van der Waals surface area contributed by atoms with Crippen molar-refractivity contribution in [3.8, 4) is 5.75 Å². The number of likely N-dealkylation sites (N-methyl/N-ethyl adjacent to an activating group) is 1. The van der Waals surface area contributed by atoms with Crippen molar-refractivity contribution in [2.75, 3.05) is 14.2 Å². The minimum absolute atomic E-state index is 0.0247. The van der Waals surface area contributed by atoms with Gasteiger partial charge in [-0.3, -0.25) is 4.79 Å². The van der Waals surface area contributed by atoms with Crippen LogP contribution in [0.15, 0.2) is 24.3 Å². The topological polar surface area (TPSA) is 55.6 Å². The number of rotatable bonds is 5. The highest BCUT2D eigenvalue weighted by molar-refractivity contribution is 5.81. The molecule has 1 atom stereocenters. The molecule has 0 saturated heterocycles. The number of nitrogens with two attached hydrogens (primary N) is 1. The Morgan fingerprint density at radius 3 is 2.47 bits per heavy atom. The van der Waals surface area contributed by atoms with Gasteiger partial charge in [0.2, 0.25) is 5.91 Å². The molecule has 0 fully saturated rings. The summed E-state index contributed by atoms with van der Waals surface area (Å²) in [6, 6.07) is 7.25. The number of hydrogen-bond donors (Lipinski definition) is 1. The number of nitrogens with zero attached hydrogens (tertiary/aromatic N) is 1. The summed E-state index contributed by atoms with van der Waals surface area (Å²) in [5.41, 5.74) is 6.77. The fourth-order valence-electron chi connectivity index (χ4n) is 1.54. The Balaban J connectivity index is 2.61. The number of amides is 1. The predicted octanol–water partition coefficient (Wildman–Crippen LogP) is 1.39. The van der Waals surface area contributed by atoms with Gasteiger partial charge in [-0.2, -0.15) is 0 Å². The molecule has 1 unspecified atom stereocenters. The molecule has 0 saturated carbocycles. The van der Waals surface area contributed by atoms with E-state index in [0.29, 0.717) is 13.0 Å². The van der Waals surface area contributed by atoms with Gasteiger partial charge in [0.25, 0.3) is 0 Å². The summed E-state index contributed by atoms with van der Waals surface area (Å²) >= 11 is 0. The smallest absolute Gasteiger partial charge is 0.239 e. The summed E-state index contributed by atoms with van der Waals surface area (Å²) in [4.78, 5) is 13.4. The average Bonchev–Trinajstić information content (AvgIpc) is 2.37. The fourth-order valence-corrected chi connectivity index (χ4v) is 1.54. The molecule has 94 valence electrons. The SMILES string of the molecule is CCC(N)C(=O)N(C)Cc1ccc(OC)cc1. The lowest BCUT2D eigenvalue weighted by Gasteiger charge is -2.20. The van der Waals surface area contributed by atoms with Crippen molar-refractivity contribution in [2.45, 2.75) is 25.9 Å². The monoisotopic (exact) mass is 236 g/mol. The standard InChI is InChI=1S/C13H20N2O2/c1-4-12(14)13(16)15(2)9-10-5-7-11(17-3)8-6-10/h5-8,12H,4,9,14H2,1-3H3. The summed E-state index contributed by atoms with van der Waals surface area (Å²) in [7, 11) is 3.40. The highest BCUT2D eigenvalue weighted by Gasteiger charge is 2.15. The van der Waals surface area contributed by atoms with Gasteiger partial charge in [0.05, 0.1) is 13.2 Å². The minimum atomic E-state index is -0.404. The normalized spacial score (nSPS) is 12.0. The van der Waals surface area contributed by atoms with E-state index in [0.717, 1.165) is 11.3 Å². The van der Waals surface area contributed by atoms with Gasteiger partial charge in [-0.25, -0.2) is 0 Å². The van der Waals surface area contributed by atoms with Crippen molar-refractivity contribution in [3.63, 3.8) is 0 Å². The van der Waals surface area contributed by atoms with E-state index in [1.54, 1.807) is 19.1 Å². The highest BCUT2D eigenvalue weighted by Crippen LogP contribution is 2.12. The highest BCUT2D eigenvalue weighted by atomic mass is 16.5. The van der Waals surface area contributed by atoms with Crippen LogP contribution >= 0.6 is 0 Å². The molecule has 4 heteroatoms. The second-order valence-electron chi connectivity index (χ2n) is 4.06. The number of carbonyl (C=O) groups excluding carboxylic acids is 1. The molecule has 0 aromatic heterocycles. The zero-order valence-corrected chi connectivity index (χ0v) is 10.6. The van der Waals surface area contributed by atoms with E-state index < -0.39 is 6.04 Å². The lowest BCUT2D eigenvalue weighted by Crippen LogP contribution is -2.40. The number of ether oxygens (including phenoxy) is 1. The van der Waals surface area contributed by atoms with Crippen LogP contribution in [-0.2, 0) is 11.3 Å². The summed E-state index contributed by atoms with van der Waals surface area (Å²) in [5, 5.41) is 0. The zero-order valence-electron chi connectivity index (χ0n) is 10.6. The second kappa shape index (κ2) is 6.25. The second-order valence-corrected chi connectivity index (χ2v) is 4.06. The van der Waals surface area contributed by atoms with Crippen molar-refractivity contribution in [1.29, 1.82) is 0 Å². The van der Waals surface area contributed by atoms with Gasteiger partial charge in [-0.05, 0) is 24.1 Å². The van der Waals surface area contributed by atoms with Crippen molar-refractivity contribution in [2.24, 2.45) is 5.73 Å².